The second kappa shape index (κ2) is 9.54. The van der Waals surface area contributed by atoms with E-state index < -0.39 is 0 Å². The third-order valence-electron chi connectivity index (χ3n) is 6.41. The Bertz CT molecular complexity index is 1490. The third kappa shape index (κ3) is 5.09. The van der Waals surface area contributed by atoms with Gasteiger partial charge in [0.05, 0.1) is 23.6 Å². The molecule has 1 aliphatic heterocycles. The normalized spacial score (nSPS) is 13.9. The van der Waals surface area contributed by atoms with Gasteiger partial charge in [0.15, 0.2) is 0 Å². The van der Waals surface area contributed by atoms with E-state index in [1.165, 1.54) is 4.90 Å². The van der Waals surface area contributed by atoms with Crippen molar-refractivity contribution in [2.24, 2.45) is 0 Å². The van der Waals surface area contributed by atoms with E-state index in [9.17, 15) is 14.4 Å². The minimum atomic E-state index is -0.387. The number of nitrogens with one attached hydrogen (secondary N) is 2. The molecule has 1 fully saturated rings. The summed E-state index contributed by atoms with van der Waals surface area (Å²) in [6, 6.07) is 22.6. The van der Waals surface area contributed by atoms with Crippen molar-refractivity contribution in [3.05, 3.63) is 84.1 Å². The first-order valence-electron chi connectivity index (χ1n) is 12.3. The highest BCUT2D eigenvalue weighted by Crippen LogP contribution is 2.28. The Morgan fingerprint density at radius 2 is 1.59 bits per heavy atom. The molecule has 188 valence electrons. The van der Waals surface area contributed by atoms with Crippen LogP contribution < -0.4 is 10.6 Å². The van der Waals surface area contributed by atoms with Crippen molar-refractivity contribution in [3.8, 4) is 5.69 Å². The lowest BCUT2D eigenvalue weighted by atomic mass is 9.92. The zero-order valence-electron chi connectivity index (χ0n) is 21.1. The van der Waals surface area contributed by atoms with Crippen LogP contribution in [-0.4, -0.2) is 32.5 Å². The summed E-state index contributed by atoms with van der Waals surface area (Å²) in [4.78, 5) is 38.6. The number of amides is 4. The molecule has 0 bridgehead atoms. The number of likely N-dealkylation sites (tertiary alicyclic amines) is 1. The van der Waals surface area contributed by atoms with Gasteiger partial charge in [-0.2, -0.15) is 5.10 Å². The predicted octanol–water partition coefficient (Wildman–Crippen LogP) is 5.62. The summed E-state index contributed by atoms with van der Waals surface area (Å²) in [6.45, 7) is 6.38. The maximum absolute atomic E-state index is 13.1. The molecule has 0 saturated carbocycles. The predicted molar refractivity (Wildman–Crippen MR) is 144 cm³/mol. The molecule has 0 unspecified atom stereocenters. The van der Waals surface area contributed by atoms with Crippen LogP contribution in [0, 0.1) is 0 Å². The molecule has 8 nitrogen and oxygen atoms in total. The molecule has 4 aromatic rings. The number of benzene rings is 3. The smallest absolute Gasteiger partial charge is 0.307 e. The Labute approximate surface area is 215 Å². The van der Waals surface area contributed by atoms with E-state index in [0.717, 1.165) is 22.0 Å². The molecule has 0 aliphatic carbocycles. The van der Waals surface area contributed by atoms with Crippen molar-refractivity contribution in [2.45, 2.75) is 45.6 Å². The molecule has 0 radical (unpaired) electrons. The van der Waals surface area contributed by atoms with Gasteiger partial charge in [0.1, 0.15) is 5.82 Å². The van der Waals surface area contributed by atoms with Gasteiger partial charge in [0.2, 0.25) is 11.8 Å². The maximum atomic E-state index is 13.1. The van der Waals surface area contributed by atoms with Crippen molar-refractivity contribution in [1.82, 2.24) is 14.7 Å². The van der Waals surface area contributed by atoms with Crippen LogP contribution >= 0.6 is 0 Å². The first-order valence-corrected chi connectivity index (χ1v) is 12.3. The van der Waals surface area contributed by atoms with Gasteiger partial charge in [-0.1, -0.05) is 69.3 Å². The second-order valence-electron chi connectivity index (χ2n) is 10.2. The molecular formula is C29H29N5O3. The minimum absolute atomic E-state index is 0.156. The van der Waals surface area contributed by atoms with Gasteiger partial charge in [-0.25, -0.2) is 9.48 Å². The molecule has 5 rings (SSSR count). The van der Waals surface area contributed by atoms with Crippen LogP contribution in [0.25, 0.3) is 16.5 Å². The van der Waals surface area contributed by atoms with Crippen LogP contribution in [0.2, 0.25) is 0 Å². The van der Waals surface area contributed by atoms with Gasteiger partial charge in [-0.05, 0) is 29.1 Å². The summed E-state index contributed by atoms with van der Waals surface area (Å²) < 4.78 is 1.68. The molecule has 37 heavy (non-hydrogen) atoms. The summed E-state index contributed by atoms with van der Waals surface area (Å²) in [5.74, 6) is 0.196. The molecule has 2 heterocycles. The molecule has 3 aromatic carbocycles. The van der Waals surface area contributed by atoms with Crippen molar-refractivity contribution in [2.75, 3.05) is 10.6 Å². The topological polar surface area (TPSA) is 96.3 Å². The average molecular weight is 496 g/mol. The molecular weight excluding hydrogens is 466 g/mol. The van der Waals surface area contributed by atoms with E-state index in [2.05, 4.69) is 31.4 Å². The van der Waals surface area contributed by atoms with Crippen LogP contribution in [0.5, 0.6) is 0 Å². The number of anilines is 2. The number of fused-ring (bicyclic) bond motifs is 1. The fraction of sp³-hybridized carbons (Fsp3) is 0.241. The largest absolute Gasteiger partial charge is 0.324 e. The van der Waals surface area contributed by atoms with Crippen LogP contribution in [0.1, 0.15) is 44.9 Å². The first kappa shape index (κ1) is 24.2. The summed E-state index contributed by atoms with van der Waals surface area (Å²) in [7, 11) is 0. The fourth-order valence-corrected chi connectivity index (χ4v) is 4.41. The van der Waals surface area contributed by atoms with E-state index in [1.54, 1.807) is 4.68 Å². The molecule has 1 aromatic heterocycles. The lowest BCUT2D eigenvalue weighted by molar-refractivity contribution is -0.139. The highest BCUT2D eigenvalue weighted by molar-refractivity contribution is 6.06. The van der Waals surface area contributed by atoms with Gasteiger partial charge in [0, 0.05) is 29.7 Å². The van der Waals surface area contributed by atoms with Crippen LogP contribution in [0.15, 0.2) is 72.8 Å². The quantitative estimate of drug-likeness (QED) is 0.352. The van der Waals surface area contributed by atoms with Crippen LogP contribution in [0.4, 0.5) is 16.3 Å². The van der Waals surface area contributed by atoms with E-state index in [0.29, 0.717) is 17.2 Å². The lowest BCUT2D eigenvalue weighted by Crippen LogP contribution is -2.28. The number of rotatable bonds is 5. The Morgan fingerprint density at radius 3 is 2.35 bits per heavy atom. The first-order chi connectivity index (χ1) is 17.7. The number of hydrogen-bond acceptors (Lipinski definition) is 4. The minimum Gasteiger partial charge on any atom is -0.307 e. The van der Waals surface area contributed by atoms with Crippen molar-refractivity contribution < 1.29 is 14.4 Å². The zero-order valence-corrected chi connectivity index (χ0v) is 21.1. The summed E-state index contributed by atoms with van der Waals surface area (Å²) >= 11 is 0. The molecule has 2 N–H and O–H groups in total. The number of carbonyl (C=O) groups excluding carboxylic acids is 3. The standard InChI is InChI=1S/C29H29N5O3/c1-29(2,3)24-17-25(31-28(37)30-23-13-7-10-20-9-4-5-12-22(20)23)34(32-24)21-11-6-8-19(16-21)18-33-26(35)14-15-27(33)36/h4-13,16-17H,14-15,18H2,1-3H3,(H2,30,31,37). The molecule has 0 spiro atoms. The van der Waals surface area contributed by atoms with Crippen LogP contribution in [-0.2, 0) is 21.5 Å². The number of hydrogen-bond donors (Lipinski definition) is 2. The van der Waals surface area contributed by atoms with Crippen molar-refractivity contribution in [1.29, 1.82) is 0 Å². The number of urea groups is 1. The number of aromatic nitrogens is 2. The summed E-state index contributed by atoms with van der Waals surface area (Å²) in [5.41, 5.74) is 2.79. The number of carbonyl (C=O) groups is 3. The Balaban J connectivity index is 1.44. The van der Waals surface area contributed by atoms with Crippen molar-refractivity contribution >= 4 is 40.1 Å². The maximum Gasteiger partial charge on any atom is 0.324 e. The van der Waals surface area contributed by atoms with Gasteiger partial charge < -0.3 is 5.32 Å². The van der Waals surface area contributed by atoms with Gasteiger partial charge in [0.25, 0.3) is 0 Å². The lowest BCUT2D eigenvalue weighted by Gasteiger charge is -2.16. The van der Waals surface area contributed by atoms with E-state index >= 15 is 0 Å². The number of imide groups is 1. The van der Waals surface area contributed by atoms with Gasteiger partial charge in [-0.3, -0.25) is 19.8 Å². The van der Waals surface area contributed by atoms with E-state index in [-0.39, 0.29) is 42.6 Å². The van der Waals surface area contributed by atoms with Gasteiger partial charge >= 0.3 is 6.03 Å². The molecule has 4 amide bonds. The molecule has 1 aliphatic rings. The van der Waals surface area contributed by atoms with E-state index in [1.807, 2.05) is 72.8 Å². The number of nitrogens with zero attached hydrogens (tertiary/aromatic N) is 3. The van der Waals surface area contributed by atoms with Crippen molar-refractivity contribution in [3.63, 3.8) is 0 Å². The highest BCUT2D eigenvalue weighted by atomic mass is 16.2. The van der Waals surface area contributed by atoms with Crippen LogP contribution in [0.3, 0.4) is 0 Å². The summed E-state index contributed by atoms with van der Waals surface area (Å²) in [5, 5.41) is 12.7. The highest BCUT2D eigenvalue weighted by Gasteiger charge is 2.29. The third-order valence-corrected chi connectivity index (χ3v) is 6.41. The Kier molecular flexibility index (Phi) is 6.25. The monoisotopic (exact) mass is 495 g/mol. The van der Waals surface area contributed by atoms with Gasteiger partial charge in [-0.15, -0.1) is 0 Å². The second-order valence-corrected chi connectivity index (χ2v) is 10.2. The van der Waals surface area contributed by atoms with E-state index in [4.69, 9.17) is 5.10 Å². The Morgan fingerprint density at radius 1 is 0.892 bits per heavy atom. The molecule has 8 heteroatoms. The molecule has 0 atom stereocenters. The SMILES string of the molecule is CC(C)(C)c1cc(NC(=O)Nc2cccc3ccccc23)n(-c2cccc(CN3C(=O)CCC3=O)c2)n1. The average Bonchev–Trinajstić information content (AvgIpc) is 3.43. The fourth-order valence-electron chi connectivity index (χ4n) is 4.41. The molecule has 1 saturated heterocycles. The zero-order chi connectivity index (χ0) is 26.2. The Hall–Kier alpha value is -4.46. The summed E-state index contributed by atoms with van der Waals surface area (Å²) in [6.07, 6.45) is 0.513.